The molecule has 2 amide bonds. The number of likely N-dealkylation sites (tertiary alicyclic amines) is 1. The number of nitrogens with one attached hydrogen (secondary N) is 2. The monoisotopic (exact) mass is 470 g/mol. The molecule has 2 fully saturated rings. The molecule has 10 heteroatoms. The molecule has 0 bridgehead atoms. The molecule has 0 spiro atoms. The molecule has 4 N–H and O–H groups in total. The number of phenols is 1. The van der Waals surface area contributed by atoms with Crippen molar-refractivity contribution >= 4 is 18.3 Å². The third-order valence-corrected chi connectivity index (χ3v) is 6.63. The van der Waals surface area contributed by atoms with Crippen molar-refractivity contribution in [3.8, 4) is 5.75 Å². The van der Waals surface area contributed by atoms with Crippen molar-refractivity contribution in [2.75, 3.05) is 19.6 Å². The van der Waals surface area contributed by atoms with Gasteiger partial charge in [-0.25, -0.2) is 4.79 Å². The van der Waals surface area contributed by atoms with Gasteiger partial charge in [0.05, 0.1) is 6.04 Å². The molecule has 2 aromatic rings. The van der Waals surface area contributed by atoms with E-state index in [1.807, 2.05) is 0 Å². The Bertz CT molecular complexity index is 995. The molecule has 1 aromatic heterocycles. The van der Waals surface area contributed by atoms with Gasteiger partial charge in [0.2, 0.25) is 0 Å². The highest BCUT2D eigenvalue weighted by molar-refractivity contribution is 5.92. The van der Waals surface area contributed by atoms with Crippen LogP contribution in [0.15, 0.2) is 34.9 Å². The summed E-state index contributed by atoms with van der Waals surface area (Å²) in [5.74, 6) is 1.47. The Morgan fingerprint density at radius 3 is 2.50 bits per heavy atom. The minimum absolute atomic E-state index is 0.103. The second-order valence-electron chi connectivity index (χ2n) is 9.06. The molecule has 1 unspecified atom stereocenters. The number of benzene rings is 1. The van der Waals surface area contributed by atoms with Gasteiger partial charge in [0, 0.05) is 18.5 Å². The number of hydrogen-bond acceptors (Lipinski definition) is 7. The molecule has 4 rings (SSSR count). The van der Waals surface area contributed by atoms with Crippen LogP contribution in [0.4, 0.5) is 4.79 Å². The summed E-state index contributed by atoms with van der Waals surface area (Å²) in [6.07, 6.45) is 4.07. The van der Waals surface area contributed by atoms with Crippen LogP contribution in [0.25, 0.3) is 0 Å². The Morgan fingerprint density at radius 2 is 1.88 bits per heavy atom. The molecule has 1 saturated carbocycles. The minimum atomic E-state index is -1.26. The summed E-state index contributed by atoms with van der Waals surface area (Å²) in [6, 6.07) is 6.80. The van der Waals surface area contributed by atoms with E-state index in [9.17, 15) is 24.6 Å². The first-order chi connectivity index (χ1) is 16.4. The number of aromatic nitrogens is 1. The van der Waals surface area contributed by atoms with Gasteiger partial charge >= 0.3 is 6.09 Å². The number of amides is 2. The van der Waals surface area contributed by atoms with Gasteiger partial charge in [0.1, 0.15) is 23.8 Å². The van der Waals surface area contributed by atoms with Crippen LogP contribution in [-0.4, -0.2) is 64.2 Å². The first-order valence-electron chi connectivity index (χ1n) is 11.7. The zero-order valence-corrected chi connectivity index (χ0v) is 18.9. The molecule has 34 heavy (non-hydrogen) atoms. The second-order valence-corrected chi connectivity index (χ2v) is 9.06. The fourth-order valence-corrected chi connectivity index (χ4v) is 4.60. The fraction of sp³-hybridized carbons (Fsp3) is 0.500. The van der Waals surface area contributed by atoms with Crippen molar-refractivity contribution in [1.29, 1.82) is 0 Å². The Labute approximate surface area is 197 Å². The topological polar surface area (TPSA) is 145 Å². The molecule has 10 nitrogen and oxygen atoms in total. The van der Waals surface area contributed by atoms with Crippen LogP contribution in [0, 0.1) is 5.92 Å². The number of nitrogens with zero attached hydrogens (tertiary/aromatic N) is 2. The van der Waals surface area contributed by atoms with Crippen molar-refractivity contribution in [2.45, 2.75) is 50.1 Å². The molecule has 1 aliphatic heterocycles. The van der Waals surface area contributed by atoms with Crippen LogP contribution in [0.5, 0.6) is 5.75 Å². The van der Waals surface area contributed by atoms with E-state index in [1.54, 1.807) is 18.2 Å². The molecule has 2 heterocycles. The molecular formula is C24H30N4O6. The Hall–Kier alpha value is -3.40. The standard InChI is InChI=1S/C24H30N4O6/c29-14-20(26-24(32)33)22(17-3-5-18(30)6-4-17)28-11-8-15(9-12-28)7-10-25-23(31)19-13-21(34-27-19)16-1-2-16/h3-6,13-16,20,22,26,30H,1-2,7-12H2,(H,25,31)(H,32,33)/t20-,22?/m1/s1. The molecule has 2 atom stereocenters. The SMILES string of the molecule is O=C[C@@H](NC(=O)O)C(c1ccc(O)cc1)N1CCC(CCNC(=O)c2cc(C3CC3)on2)CC1. The Morgan fingerprint density at radius 1 is 1.18 bits per heavy atom. The van der Waals surface area contributed by atoms with Gasteiger partial charge in [0.15, 0.2) is 5.69 Å². The van der Waals surface area contributed by atoms with Crippen LogP contribution < -0.4 is 10.6 Å². The quantitative estimate of drug-likeness (QED) is 0.388. The first-order valence-corrected chi connectivity index (χ1v) is 11.7. The average Bonchev–Trinajstić information content (AvgIpc) is 3.56. The van der Waals surface area contributed by atoms with Crippen molar-refractivity contribution < 1.29 is 29.1 Å². The average molecular weight is 471 g/mol. The maximum atomic E-state index is 12.3. The first kappa shape index (κ1) is 23.7. The normalized spacial score (nSPS) is 18.7. The molecule has 1 saturated heterocycles. The summed E-state index contributed by atoms with van der Waals surface area (Å²) in [5, 5.41) is 27.9. The van der Waals surface area contributed by atoms with E-state index < -0.39 is 18.2 Å². The predicted octanol–water partition coefficient (Wildman–Crippen LogP) is 2.67. The highest BCUT2D eigenvalue weighted by Crippen LogP contribution is 2.40. The zero-order valence-electron chi connectivity index (χ0n) is 18.9. The van der Waals surface area contributed by atoms with Gasteiger partial charge in [-0.1, -0.05) is 17.3 Å². The molecule has 0 radical (unpaired) electrons. The number of carbonyl (C=O) groups is 3. The van der Waals surface area contributed by atoms with Crippen LogP contribution in [-0.2, 0) is 4.79 Å². The van der Waals surface area contributed by atoms with Crippen LogP contribution in [0.1, 0.15) is 65.9 Å². The van der Waals surface area contributed by atoms with E-state index >= 15 is 0 Å². The summed E-state index contributed by atoms with van der Waals surface area (Å²) in [7, 11) is 0. The van der Waals surface area contributed by atoms with Gasteiger partial charge < -0.3 is 30.2 Å². The number of carbonyl (C=O) groups excluding carboxylic acids is 2. The molecule has 1 aromatic carbocycles. The van der Waals surface area contributed by atoms with Crippen molar-refractivity contribution in [1.82, 2.24) is 20.7 Å². The van der Waals surface area contributed by atoms with E-state index in [0.717, 1.165) is 43.4 Å². The number of carboxylic acid groups (broad SMARTS) is 1. The van der Waals surface area contributed by atoms with E-state index in [1.165, 1.54) is 12.1 Å². The second kappa shape index (κ2) is 10.7. The molecule has 2 aliphatic rings. The summed E-state index contributed by atoms with van der Waals surface area (Å²) in [6.45, 7) is 1.90. The number of rotatable bonds is 10. The number of piperidine rings is 1. The number of aromatic hydroxyl groups is 1. The van der Waals surface area contributed by atoms with Gasteiger partial charge in [-0.15, -0.1) is 0 Å². The van der Waals surface area contributed by atoms with E-state index in [4.69, 9.17) is 4.52 Å². The lowest BCUT2D eigenvalue weighted by Gasteiger charge is -2.40. The fourth-order valence-electron chi connectivity index (χ4n) is 4.60. The van der Waals surface area contributed by atoms with E-state index in [-0.39, 0.29) is 11.7 Å². The Balaban J connectivity index is 1.29. The van der Waals surface area contributed by atoms with Gasteiger partial charge in [-0.05, 0) is 68.8 Å². The lowest BCUT2D eigenvalue weighted by Crippen LogP contribution is -2.49. The summed E-state index contributed by atoms with van der Waals surface area (Å²) in [5.41, 5.74) is 1.08. The van der Waals surface area contributed by atoms with Crippen molar-refractivity contribution in [2.24, 2.45) is 5.92 Å². The van der Waals surface area contributed by atoms with E-state index in [0.29, 0.717) is 43.5 Å². The summed E-state index contributed by atoms with van der Waals surface area (Å²) < 4.78 is 5.24. The number of phenolic OH excluding ortho intramolecular Hbond substituents is 1. The Kier molecular flexibility index (Phi) is 7.46. The maximum absolute atomic E-state index is 12.3. The van der Waals surface area contributed by atoms with Crippen LogP contribution in [0.3, 0.4) is 0 Å². The van der Waals surface area contributed by atoms with Gasteiger partial charge in [0.25, 0.3) is 5.91 Å². The van der Waals surface area contributed by atoms with Gasteiger partial charge in [-0.3, -0.25) is 9.69 Å². The van der Waals surface area contributed by atoms with Crippen molar-refractivity contribution in [3.63, 3.8) is 0 Å². The third kappa shape index (κ3) is 5.93. The predicted molar refractivity (Wildman–Crippen MR) is 122 cm³/mol. The molecule has 1 aliphatic carbocycles. The van der Waals surface area contributed by atoms with E-state index in [2.05, 4.69) is 20.7 Å². The lowest BCUT2D eigenvalue weighted by molar-refractivity contribution is -0.111. The molecule has 182 valence electrons. The lowest BCUT2D eigenvalue weighted by atomic mass is 9.90. The highest BCUT2D eigenvalue weighted by Gasteiger charge is 2.33. The molecular weight excluding hydrogens is 440 g/mol. The number of aldehydes is 1. The maximum Gasteiger partial charge on any atom is 0.405 e. The van der Waals surface area contributed by atoms with Crippen molar-refractivity contribution in [3.05, 3.63) is 47.3 Å². The smallest absolute Gasteiger partial charge is 0.405 e. The largest absolute Gasteiger partial charge is 0.508 e. The summed E-state index contributed by atoms with van der Waals surface area (Å²) >= 11 is 0. The van der Waals surface area contributed by atoms with Gasteiger partial charge in [-0.2, -0.15) is 0 Å². The highest BCUT2D eigenvalue weighted by atomic mass is 16.5. The number of hydrogen-bond donors (Lipinski definition) is 4. The van der Waals surface area contributed by atoms with Crippen LogP contribution in [0.2, 0.25) is 0 Å². The minimum Gasteiger partial charge on any atom is -0.508 e. The summed E-state index contributed by atoms with van der Waals surface area (Å²) in [4.78, 5) is 37.4. The third-order valence-electron chi connectivity index (χ3n) is 6.63. The zero-order chi connectivity index (χ0) is 24.1. The van der Waals surface area contributed by atoms with Crippen LogP contribution >= 0.6 is 0 Å².